The molecule has 0 aliphatic carbocycles. The molecule has 0 saturated carbocycles. The van der Waals surface area contributed by atoms with Crippen molar-refractivity contribution in [2.75, 3.05) is 6.54 Å². The molecule has 7 heteroatoms. The molecule has 1 N–H and O–H groups in total. The highest BCUT2D eigenvalue weighted by atomic mass is 32.1. The van der Waals surface area contributed by atoms with E-state index in [9.17, 15) is 9.59 Å². The normalized spacial score (nSPS) is 10.4. The van der Waals surface area contributed by atoms with E-state index in [0.717, 1.165) is 16.0 Å². The molecule has 0 fully saturated rings. The van der Waals surface area contributed by atoms with Crippen molar-refractivity contribution in [2.45, 2.75) is 6.54 Å². The first-order chi connectivity index (χ1) is 13.7. The standard InChI is InChI=1S/C21H15N3O2S2/c25-18(22-10-4-8-15-6-2-1-3-7-15)12-24-14-23-20-19(21(24)26)16(13-28-20)17-9-5-11-27-17/h1-3,5-7,9,11,13-14H,10,12H2,(H,22,25). The van der Waals surface area contributed by atoms with Crippen molar-refractivity contribution in [3.05, 3.63) is 75.5 Å². The van der Waals surface area contributed by atoms with Gasteiger partial charge in [-0.2, -0.15) is 0 Å². The van der Waals surface area contributed by atoms with E-state index >= 15 is 0 Å². The quantitative estimate of drug-likeness (QED) is 0.530. The molecule has 0 saturated heterocycles. The Balaban J connectivity index is 1.48. The molecule has 0 aliphatic rings. The SMILES string of the molecule is O=C(Cn1cnc2scc(-c3cccs3)c2c1=O)NCC#Cc1ccccc1. The Hall–Kier alpha value is -3.21. The maximum absolute atomic E-state index is 12.9. The molecular weight excluding hydrogens is 390 g/mol. The number of fused-ring (bicyclic) bond motifs is 1. The number of nitrogens with one attached hydrogen (secondary N) is 1. The minimum Gasteiger partial charge on any atom is -0.344 e. The van der Waals surface area contributed by atoms with Crippen LogP contribution in [-0.2, 0) is 11.3 Å². The van der Waals surface area contributed by atoms with Gasteiger partial charge in [0.05, 0.1) is 18.3 Å². The van der Waals surface area contributed by atoms with Gasteiger partial charge in [-0.05, 0) is 23.6 Å². The van der Waals surface area contributed by atoms with Gasteiger partial charge in [0.1, 0.15) is 11.4 Å². The summed E-state index contributed by atoms with van der Waals surface area (Å²) in [6, 6.07) is 13.5. The second-order valence-electron chi connectivity index (χ2n) is 5.93. The van der Waals surface area contributed by atoms with Crippen molar-refractivity contribution in [3.8, 4) is 22.3 Å². The fourth-order valence-electron chi connectivity index (χ4n) is 2.71. The minimum atomic E-state index is -0.279. The predicted molar refractivity (Wildman–Crippen MR) is 114 cm³/mol. The van der Waals surface area contributed by atoms with Crippen LogP contribution in [0, 0.1) is 11.8 Å². The van der Waals surface area contributed by atoms with E-state index in [-0.39, 0.29) is 24.6 Å². The van der Waals surface area contributed by atoms with E-state index in [1.165, 1.54) is 22.2 Å². The van der Waals surface area contributed by atoms with Crippen molar-refractivity contribution < 1.29 is 4.79 Å². The number of carbonyl (C=O) groups excluding carboxylic acids is 1. The van der Waals surface area contributed by atoms with E-state index in [1.54, 1.807) is 11.3 Å². The van der Waals surface area contributed by atoms with Gasteiger partial charge < -0.3 is 5.32 Å². The number of hydrogen-bond acceptors (Lipinski definition) is 5. The molecule has 28 heavy (non-hydrogen) atoms. The Morgan fingerprint density at radius 2 is 2.00 bits per heavy atom. The van der Waals surface area contributed by atoms with Crippen molar-refractivity contribution in [2.24, 2.45) is 0 Å². The number of benzene rings is 1. The van der Waals surface area contributed by atoms with Gasteiger partial charge in [-0.1, -0.05) is 36.1 Å². The molecule has 0 atom stereocenters. The minimum absolute atomic E-state index is 0.0888. The third kappa shape index (κ3) is 3.88. The Morgan fingerprint density at radius 3 is 2.79 bits per heavy atom. The lowest BCUT2D eigenvalue weighted by molar-refractivity contribution is -0.121. The highest BCUT2D eigenvalue weighted by Gasteiger charge is 2.15. The van der Waals surface area contributed by atoms with Crippen LogP contribution < -0.4 is 10.9 Å². The van der Waals surface area contributed by atoms with Gasteiger partial charge in [0.25, 0.3) is 5.56 Å². The topological polar surface area (TPSA) is 64.0 Å². The number of rotatable bonds is 4. The van der Waals surface area contributed by atoms with Crippen LogP contribution in [0.2, 0.25) is 0 Å². The maximum Gasteiger partial charge on any atom is 0.263 e. The number of aromatic nitrogens is 2. The molecular formula is C21H15N3O2S2. The van der Waals surface area contributed by atoms with Crippen molar-refractivity contribution >= 4 is 38.8 Å². The monoisotopic (exact) mass is 405 g/mol. The summed E-state index contributed by atoms with van der Waals surface area (Å²) < 4.78 is 1.34. The molecule has 138 valence electrons. The number of hydrogen-bond donors (Lipinski definition) is 1. The number of carbonyl (C=O) groups is 1. The molecule has 5 nitrogen and oxygen atoms in total. The Kier molecular flexibility index (Phi) is 5.33. The molecule has 3 heterocycles. The summed E-state index contributed by atoms with van der Waals surface area (Å²) in [4.78, 5) is 31.1. The molecule has 0 unspecified atom stereocenters. The zero-order valence-electron chi connectivity index (χ0n) is 14.7. The molecule has 4 aromatic rings. The van der Waals surface area contributed by atoms with Gasteiger partial charge in [-0.15, -0.1) is 22.7 Å². The molecule has 0 radical (unpaired) electrons. The average molecular weight is 406 g/mol. The lowest BCUT2D eigenvalue weighted by Crippen LogP contribution is -2.32. The largest absolute Gasteiger partial charge is 0.344 e. The summed E-state index contributed by atoms with van der Waals surface area (Å²) in [6.45, 7) is 0.131. The Morgan fingerprint density at radius 1 is 1.14 bits per heavy atom. The Bertz CT molecular complexity index is 1230. The summed E-state index contributed by atoms with van der Waals surface area (Å²) >= 11 is 3.00. The Labute approximate surface area is 169 Å². The van der Waals surface area contributed by atoms with Crippen LogP contribution in [-0.4, -0.2) is 22.0 Å². The molecule has 0 aliphatic heterocycles. The summed E-state index contributed by atoms with van der Waals surface area (Å²) in [5, 5.41) is 7.19. The van der Waals surface area contributed by atoms with Gasteiger partial charge in [0, 0.05) is 21.4 Å². The fourth-order valence-corrected chi connectivity index (χ4v) is 4.44. The van der Waals surface area contributed by atoms with E-state index in [2.05, 4.69) is 22.1 Å². The molecule has 3 aromatic heterocycles. The van der Waals surface area contributed by atoms with Gasteiger partial charge in [0.15, 0.2) is 0 Å². The van der Waals surface area contributed by atoms with Crippen molar-refractivity contribution in [1.82, 2.24) is 14.9 Å². The first-order valence-corrected chi connectivity index (χ1v) is 10.3. The van der Waals surface area contributed by atoms with E-state index < -0.39 is 0 Å². The van der Waals surface area contributed by atoms with E-state index in [0.29, 0.717) is 10.2 Å². The second kappa shape index (κ2) is 8.21. The average Bonchev–Trinajstić information content (AvgIpc) is 3.38. The van der Waals surface area contributed by atoms with Gasteiger partial charge >= 0.3 is 0 Å². The van der Waals surface area contributed by atoms with Crippen LogP contribution in [0.15, 0.2) is 64.3 Å². The summed E-state index contributed by atoms with van der Waals surface area (Å²) in [7, 11) is 0. The van der Waals surface area contributed by atoms with Crippen LogP contribution in [0.1, 0.15) is 5.56 Å². The van der Waals surface area contributed by atoms with E-state index in [1.807, 2.05) is 53.2 Å². The van der Waals surface area contributed by atoms with Crippen molar-refractivity contribution in [1.29, 1.82) is 0 Å². The summed E-state index contributed by atoms with van der Waals surface area (Å²) in [6.07, 6.45) is 1.43. The number of thiophene rings is 2. The lowest BCUT2D eigenvalue weighted by Gasteiger charge is -2.05. The third-order valence-corrected chi connectivity index (χ3v) is 5.83. The highest BCUT2D eigenvalue weighted by Crippen LogP contribution is 2.33. The molecule has 4 rings (SSSR count). The zero-order chi connectivity index (χ0) is 19.3. The highest BCUT2D eigenvalue weighted by molar-refractivity contribution is 7.18. The zero-order valence-corrected chi connectivity index (χ0v) is 16.3. The first kappa shape index (κ1) is 18.2. The smallest absolute Gasteiger partial charge is 0.263 e. The third-order valence-electron chi connectivity index (χ3n) is 4.04. The number of amides is 1. The van der Waals surface area contributed by atoms with Crippen LogP contribution >= 0.6 is 22.7 Å². The number of nitrogens with zero attached hydrogens (tertiary/aromatic N) is 2. The lowest BCUT2D eigenvalue weighted by atomic mass is 10.2. The summed E-state index contributed by atoms with van der Waals surface area (Å²) in [5.74, 6) is 5.60. The second-order valence-corrected chi connectivity index (χ2v) is 7.73. The predicted octanol–water partition coefficient (Wildman–Crippen LogP) is 3.35. The van der Waals surface area contributed by atoms with Gasteiger partial charge in [-0.3, -0.25) is 14.2 Å². The molecule has 1 aromatic carbocycles. The van der Waals surface area contributed by atoms with Crippen LogP contribution in [0.5, 0.6) is 0 Å². The van der Waals surface area contributed by atoms with Crippen LogP contribution in [0.3, 0.4) is 0 Å². The fraction of sp³-hybridized carbons (Fsp3) is 0.0952. The first-order valence-electron chi connectivity index (χ1n) is 8.53. The maximum atomic E-state index is 12.9. The van der Waals surface area contributed by atoms with E-state index in [4.69, 9.17) is 0 Å². The van der Waals surface area contributed by atoms with Crippen LogP contribution in [0.4, 0.5) is 0 Å². The van der Waals surface area contributed by atoms with Gasteiger partial charge in [-0.25, -0.2) is 4.98 Å². The molecule has 1 amide bonds. The van der Waals surface area contributed by atoms with Crippen LogP contribution in [0.25, 0.3) is 20.7 Å². The van der Waals surface area contributed by atoms with Gasteiger partial charge in [0.2, 0.25) is 5.91 Å². The molecule has 0 bridgehead atoms. The molecule has 0 spiro atoms. The van der Waals surface area contributed by atoms with Crippen molar-refractivity contribution in [3.63, 3.8) is 0 Å². The summed E-state index contributed by atoms with van der Waals surface area (Å²) in [5.41, 5.74) is 1.55.